The largest absolute Gasteiger partial charge is 0.382 e. The summed E-state index contributed by atoms with van der Waals surface area (Å²) in [7, 11) is 0. The fraction of sp³-hybridized carbons (Fsp3) is 0.235. The van der Waals surface area contributed by atoms with E-state index < -0.39 is 0 Å². The van der Waals surface area contributed by atoms with Gasteiger partial charge in [-0.05, 0) is 48.1 Å². The van der Waals surface area contributed by atoms with E-state index in [0.29, 0.717) is 5.82 Å². The van der Waals surface area contributed by atoms with Gasteiger partial charge in [-0.25, -0.2) is 0 Å². The fourth-order valence-electron chi connectivity index (χ4n) is 3.17. The number of para-hydroxylation sites is 1. The highest BCUT2D eigenvalue weighted by atomic mass is 15.3. The minimum atomic E-state index is 0.613. The van der Waals surface area contributed by atoms with E-state index in [-0.39, 0.29) is 0 Å². The number of aryl methyl sites for hydroxylation is 2. The number of hydrogen-bond donors (Lipinski definition) is 1. The van der Waals surface area contributed by atoms with Crippen molar-refractivity contribution in [2.45, 2.75) is 25.8 Å². The number of benzene rings is 2. The lowest BCUT2D eigenvalue weighted by molar-refractivity contribution is 0.715. The molecule has 0 aliphatic heterocycles. The second-order valence-electron chi connectivity index (χ2n) is 5.52. The molecule has 4 rings (SSSR count). The molecule has 0 unspecified atom stereocenters. The third-order valence-electron chi connectivity index (χ3n) is 4.18. The zero-order chi connectivity index (χ0) is 13.5. The number of nitrogens with two attached hydrogens (primary N) is 1. The molecule has 0 fully saturated rings. The van der Waals surface area contributed by atoms with Crippen LogP contribution in [0.4, 0.5) is 5.82 Å². The van der Waals surface area contributed by atoms with Crippen LogP contribution in [0.25, 0.3) is 10.9 Å². The first kappa shape index (κ1) is 11.5. The van der Waals surface area contributed by atoms with Crippen molar-refractivity contribution < 1.29 is 0 Å². The molecule has 3 aromatic rings. The summed E-state index contributed by atoms with van der Waals surface area (Å²) in [5, 5.41) is 5.51. The molecular weight excluding hydrogens is 246 g/mol. The van der Waals surface area contributed by atoms with Crippen LogP contribution in [0, 0.1) is 0 Å². The van der Waals surface area contributed by atoms with Gasteiger partial charge >= 0.3 is 0 Å². The molecule has 0 saturated carbocycles. The van der Waals surface area contributed by atoms with Crippen LogP contribution in [0.5, 0.6) is 0 Å². The average Bonchev–Trinajstić information content (AvgIpc) is 3.05. The van der Waals surface area contributed by atoms with Crippen molar-refractivity contribution in [1.29, 1.82) is 0 Å². The first-order valence-corrected chi connectivity index (χ1v) is 7.13. The van der Waals surface area contributed by atoms with Gasteiger partial charge in [0.05, 0.1) is 12.1 Å². The van der Waals surface area contributed by atoms with Crippen molar-refractivity contribution >= 4 is 16.7 Å². The number of rotatable bonds is 2. The van der Waals surface area contributed by atoms with E-state index in [0.717, 1.165) is 17.4 Å². The first-order chi connectivity index (χ1) is 9.81. The van der Waals surface area contributed by atoms with Crippen molar-refractivity contribution in [3.63, 3.8) is 0 Å². The minimum absolute atomic E-state index is 0.613. The van der Waals surface area contributed by atoms with Crippen molar-refractivity contribution in [3.05, 3.63) is 59.2 Å². The van der Waals surface area contributed by atoms with E-state index in [1.807, 2.05) is 22.9 Å². The smallest absolute Gasteiger partial charge is 0.153 e. The minimum Gasteiger partial charge on any atom is -0.382 e. The quantitative estimate of drug-likeness (QED) is 0.772. The zero-order valence-corrected chi connectivity index (χ0v) is 11.3. The van der Waals surface area contributed by atoms with Crippen LogP contribution in [0.3, 0.4) is 0 Å². The number of anilines is 1. The average molecular weight is 263 g/mol. The highest BCUT2D eigenvalue weighted by Gasteiger charge is 2.12. The maximum Gasteiger partial charge on any atom is 0.153 e. The van der Waals surface area contributed by atoms with E-state index in [9.17, 15) is 0 Å². The number of nitrogens with zero attached hydrogens (tertiary/aromatic N) is 2. The molecular formula is C17H17N3. The van der Waals surface area contributed by atoms with Gasteiger partial charge < -0.3 is 5.73 Å². The summed E-state index contributed by atoms with van der Waals surface area (Å²) in [6.45, 7) is 0.783. The van der Waals surface area contributed by atoms with Crippen LogP contribution in [0.1, 0.15) is 23.1 Å². The molecule has 0 saturated heterocycles. The Kier molecular flexibility index (Phi) is 2.52. The van der Waals surface area contributed by atoms with Gasteiger partial charge in [0.15, 0.2) is 5.82 Å². The molecule has 3 nitrogen and oxygen atoms in total. The van der Waals surface area contributed by atoms with E-state index in [4.69, 9.17) is 5.73 Å². The second-order valence-corrected chi connectivity index (χ2v) is 5.52. The number of hydrogen-bond acceptors (Lipinski definition) is 2. The Morgan fingerprint density at radius 1 is 1.05 bits per heavy atom. The number of aromatic nitrogens is 2. The summed E-state index contributed by atoms with van der Waals surface area (Å²) in [4.78, 5) is 0. The van der Waals surface area contributed by atoms with Gasteiger partial charge in [0.25, 0.3) is 0 Å². The van der Waals surface area contributed by atoms with Crippen LogP contribution in [0.2, 0.25) is 0 Å². The maximum atomic E-state index is 5.99. The molecule has 3 heteroatoms. The Morgan fingerprint density at radius 3 is 2.85 bits per heavy atom. The summed E-state index contributed by atoms with van der Waals surface area (Å²) in [6.07, 6.45) is 3.73. The van der Waals surface area contributed by atoms with E-state index in [2.05, 4.69) is 29.4 Å². The van der Waals surface area contributed by atoms with Crippen molar-refractivity contribution in [3.8, 4) is 0 Å². The highest BCUT2D eigenvalue weighted by molar-refractivity contribution is 5.89. The molecule has 1 aliphatic rings. The van der Waals surface area contributed by atoms with Crippen LogP contribution < -0.4 is 5.73 Å². The second kappa shape index (κ2) is 4.37. The Hall–Kier alpha value is -2.29. The topological polar surface area (TPSA) is 43.8 Å². The van der Waals surface area contributed by atoms with Gasteiger partial charge in [0, 0.05) is 5.39 Å². The van der Waals surface area contributed by atoms with Crippen LogP contribution in [-0.2, 0) is 19.4 Å². The van der Waals surface area contributed by atoms with Crippen molar-refractivity contribution in [2.24, 2.45) is 0 Å². The third-order valence-corrected chi connectivity index (χ3v) is 4.18. The standard InChI is InChI=1S/C17H17N3/c18-17-15-6-1-2-7-16(15)20(19-17)11-12-8-9-13-4-3-5-14(13)10-12/h1-2,6-10H,3-5,11H2,(H2,18,19). The molecule has 0 bridgehead atoms. The summed E-state index contributed by atoms with van der Waals surface area (Å²) in [5.41, 5.74) is 11.4. The van der Waals surface area contributed by atoms with E-state index in [1.165, 1.54) is 36.0 Å². The van der Waals surface area contributed by atoms with Gasteiger partial charge in [0.2, 0.25) is 0 Å². The van der Waals surface area contributed by atoms with Crippen molar-refractivity contribution in [2.75, 3.05) is 5.73 Å². The van der Waals surface area contributed by atoms with Gasteiger partial charge in [0.1, 0.15) is 0 Å². The van der Waals surface area contributed by atoms with Gasteiger partial charge in [-0.1, -0.05) is 30.3 Å². The molecule has 2 N–H and O–H groups in total. The molecule has 1 aromatic heterocycles. The number of fused-ring (bicyclic) bond motifs is 2. The van der Waals surface area contributed by atoms with Gasteiger partial charge in [-0.2, -0.15) is 5.10 Å². The summed E-state index contributed by atoms with van der Waals surface area (Å²) in [5.74, 6) is 0.613. The summed E-state index contributed by atoms with van der Waals surface area (Å²) >= 11 is 0. The lowest BCUT2D eigenvalue weighted by Gasteiger charge is -2.06. The molecule has 0 atom stereocenters. The molecule has 2 aromatic carbocycles. The predicted octanol–water partition coefficient (Wildman–Crippen LogP) is 3.16. The van der Waals surface area contributed by atoms with Crippen LogP contribution in [-0.4, -0.2) is 9.78 Å². The summed E-state index contributed by atoms with van der Waals surface area (Å²) < 4.78 is 2.00. The zero-order valence-electron chi connectivity index (χ0n) is 11.3. The SMILES string of the molecule is Nc1nn(Cc2ccc3c(c2)CCC3)c2ccccc12. The monoisotopic (exact) mass is 263 g/mol. The van der Waals surface area contributed by atoms with Crippen LogP contribution in [0.15, 0.2) is 42.5 Å². The van der Waals surface area contributed by atoms with Gasteiger partial charge in [-0.15, -0.1) is 0 Å². The molecule has 1 aliphatic carbocycles. The summed E-state index contributed by atoms with van der Waals surface area (Å²) in [6, 6.07) is 14.9. The Morgan fingerprint density at radius 2 is 1.90 bits per heavy atom. The van der Waals surface area contributed by atoms with E-state index >= 15 is 0 Å². The third kappa shape index (κ3) is 1.78. The predicted molar refractivity (Wildman–Crippen MR) is 81.7 cm³/mol. The molecule has 0 amide bonds. The Labute approximate surface area is 118 Å². The molecule has 0 radical (unpaired) electrons. The maximum absolute atomic E-state index is 5.99. The lowest BCUT2D eigenvalue weighted by atomic mass is 10.1. The Balaban J connectivity index is 1.74. The van der Waals surface area contributed by atoms with E-state index in [1.54, 1.807) is 0 Å². The Bertz CT molecular complexity index is 786. The molecule has 100 valence electrons. The van der Waals surface area contributed by atoms with Gasteiger partial charge in [-0.3, -0.25) is 4.68 Å². The fourth-order valence-corrected chi connectivity index (χ4v) is 3.17. The number of nitrogen functional groups attached to an aromatic ring is 1. The van der Waals surface area contributed by atoms with Crippen LogP contribution >= 0.6 is 0 Å². The lowest BCUT2D eigenvalue weighted by Crippen LogP contribution is -2.03. The first-order valence-electron chi connectivity index (χ1n) is 7.13. The molecule has 0 spiro atoms. The van der Waals surface area contributed by atoms with Crippen molar-refractivity contribution in [1.82, 2.24) is 9.78 Å². The molecule has 20 heavy (non-hydrogen) atoms. The highest BCUT2D eigenvalue weighted by Crippen LogP contribution is 2.25. The molecule has 1 heterocycles. The normalized spacial score (nSPS) is 13.8.